The third-order valence-corrected chi connectivity index (χ3v) is 16.9. The van der Waals surface area contributed by atoms with Crippen molar-refractivity contribution in [3.8, 4) is 11.5 Å². The van der Waals surface area contributed by atoms with E-state index in [-0.39, 0.29) is 17.3 Å². The lowest BCUT2D eigenvalue weighted by atomic mass is 9.52. The molecule has 4 aromatic rings. The molecule has 4 aliphatic rings. The number of hydrogen-bond donors (Lipinski definition) is 0. The summed E-state index contributed by atoms with van der Waals surface area (Å²) < 4.78 is 51.4. The van der Waals surface area contributed by atoms with Gasteiger partial charge >= 0.3 is 0 Å². The van der Waals surface area contributed by atoms with E-state index in [4.69, 9.17) is 30.8 Å². The highest BCUT2D eigenvalue weighted by Gasteiger charge is 2.58. The summed E-state index contributed by atoms with van der Waals surface area (Å²) in [7, 11) is 4.69. The first-order chi connectivity index (χ1) is 22.7. The highest BCUT2D eigenvalue weighted by atomic mass is 35.7. The van der Waals surface area contributed by atoms with Crippen LogP contribution in [0.1, 0.15) is 59.6 Å². The van der Waals surface area contributed by atoms with Crippen LogP contribution in [0.2, 0.25) is 0 Å². The third-order valence-electron chi connectivity index (χ3n) is 10.4. The molecule has 0 heterocycles. The van der Waals surface area contributed by atoms with Crippen LogP contribution >= 0.6 is 21.4 Å². The van der Waals surface area contributed by atoms with E-state index in [9.17, 15) is 16.8 Å². The summed E-state index contributed by atoms with van der Waals surface area (Å²) in [5.41, 5.74) is 11.4. The van der Waals surface area contributed by atoms with Gasteiger partial charge in [0.1, 0.15) is 11.5 Å². The molecule has 0 amide bonds. The number of allylic oxidation sites excluding steroid dienone is 5. The van der Waals surface area contributed by atoms with Gasteiger partial charge in [-0.2, -0.15) is 0 Å². The van der Waals surface area contributed by atoms with Crippen molar-refractivity contribution in [2.75, 3.05) is 14.2 Å². The fraction of sp³-hybridized carbons (Fsp3) is 0.263. The highest BCUT2D eigenvalue weighted by Crippen LogP contribution is 2.68. The molecular formula is C38H34Cl2O6S2. The van der Waals surface area contributed by atoms with Crippen molar-refractivity contribution in [1.29, 1.82) is 0 Å². The quantitative estimate of drug-likeness (QED) is 0.178. The number of hydrogen-bond acceptors (Lipinski definition) is 6. The number of rotatable bonds is 7. The molecule has 0 fully saturated rings. The number of halogens is 2. The summed E-state index contributed by atoms with van der Waals surface area (Å²) in [5.74, 6) is 2.19. The zero-order valence-electron chi connectivity index (χ0n) is 26.8. The van der Waals surface area contributed by atoms with Crippen LogP contribution in [0.15, 0.2) is 96.6 Å². The van der Waals surface area contributed by atoms with Crippen molar-refractivity contribution in [1.82, 2.24) is 0 Å². The molecule has 48 heavy (non-hydrogen) atoms. The van der Waals surface area contributed by atoms with Crippen LogP contribution in [0.3, 0.4) is 0 Å². The average Bonchev–Trinajstić information content (AvgIpc) is 3.39. The predicted molar refractivity (Wildman–Crippen MR) is 194 cm³/mol. The SMILES string of the molecule is CC(C)(S(=O)(=O)Cl)S(=O)(=O)Cl.COc1ccc(C(c2ccc(OC)cc2)C23C4=C5C=CC2C=Cc2ccc6ccc(c4c6c23)CC5)cc1. The Morgan fingerprint density at radius 3 is 1.81 bits per heavy atom. The highest BCUT2D eigenvalue weighted by molar-refractivity contribution is 8.29. The lowest BCUT2D eigenvalue weighted by Crippen LogP contribution is -2.43. The summed E-state index contributed by atoms with van der Waals surface area (Å²) in [6, 6.07) is 26.9. The van der Waals surface area contributed by atoms with Crippen LogP contribution in [-0.2, 0) is 29.9 Å². The Labute approximate surface area is 290 Å². The van der Waals surface area contributed by atoms with Crippen LogP contribution in [0.25, 0.3) is 22.4 Å². The van der Waals surface area contributed by atoms with Gasteiger partial charge in [0.25, 0.3) is 18.1 Å². The minimum atomic E-state index is -4.21. The summed E-state index contributed by atoms with van der Waals surface area (Å²) in [4.78, 5) is 0. The molecule has 0 radical (unpaired) electrons. The van der Waals surface area contributed by atoms with Gasteiger partial charge in [-0.1, -0.05) is 72.8 Å². The van der Waals surface area contributed by atoms with E-state index < -0.39 is 22.2 Å². The molecule has 0 aliphatic heterocycles. The minimum absolute atomic E-state index is 0.136. The van der Waals surface area contributed by atoms with Gasteiger partial charge in [0, 0.05) is 38.6 Å². The number of ether oxygens (including phenoxy) is 2. The Balaban J connectivity index is 0.000000288. The molecule has 2 atom stereocenters. The Morgan fingerprint density at radius 1 is 0.750 bits per heavy atom. The zero-order chi connectivity index (χ0) is 34.2. The second-order valence-corrected chi connectivity index (χ2v) is 19.5. The molecule has 6 nitrogen and oxygen atoms in total. The van der Waals surface area contributed by atoms with Crippen LogP contribution in [-0.4, -0.2) is 35.1 Å². The first-order valence-electron chi connectivity index (χ1n) is 15.6. The largest absolute Gasteiger partial charge is 0.497 e. The maximum atomic E-state index is 10.6. The number of methoxy groups -OCH3 is 2. The maximum absolute atomic E-state index is 10.6. The van der Waals surface area contributed by atoms with Gasteiger partial charge in [-0.05, 0) is 106 Å². The molecule has 4 aliphatic carbocycles. The molecule has 8 rings (SSSR count). The van der Waals surface area contributed by atoms with E-state index in [1.807, 2.05) is 0 Å². The Bertz CT molecular complexity index is 2210. The molecule has 4 aromatic carbocycles. The van der Waals surface area contributed by atoms with Crippen molar-refractivity contribution >= 4 is 61.9 Å². The van der Waals surface area contributed by atoms with Crippen LogP contribution in [0.4, 0.5) is 0 Å². The molecule has 0 saturated heterocycles. The number of aryl methyl sites for hydroxylation is 1. The smallest absolute Gasteiger partial charge is 0.253 e. The molecule has 0 spiro atoms. The van der Waals surface area contributed by atoms with Crippen LogP contribution in [0, 0.1) is 5.92 Å². The lowest BCUT2D eigenvalue weighted by Gasteiger charge is -2.50. The fourth-order valence-corrected chi connectivity index (χ4v) is 10.6. The maximum Gasteiger partial charge on any atom is 0.253 e. The van der Waals surface area contributed by atoms with Gasteiger partial charge in [0.05, 0.1) is 14.2 Å². The lowest BCUT2D eigenvalue weighted by molar-refractivity contribution is 0.406. The van der Waals surface area contributed by atoms with Crippen molar-refractivity contribution in [3.63, 3.8) is 0 Å². The van der Waals surface area contributed by atoms with E-state index in [2.05, 4.69) is 97.1 Å². The van der Waals surface area contributed by atoms with Crippen LogP contribution < -0.4 is 9.47 Å². The van der Waals surface area contributed by atoms with E-state index in [0.717, 1.165) is 38.2 Å². The van der Waals surface area contributed by atoms with Gasteiger partial charge in [0.15, 0.2) is 4.08 Å². The second kappa shape index (κ2) is 11.5. The molecule has 0 aromatic heterocycles. The van der Waals surface area contributed by atoms with Gasteiger partial charge in [0.2, 0.25) is 0 Å². The molecule has 248 valence electrons. The minimum Gasteiger partial charge on any atom is -0.497 e. The Kier molecular flexibility index (Phi) is 7.91. The van der Waals surface area contributed by atoms with E-state index >= 15 is 0 Å². The topological polar surface area (TPSA) is 86.7 Å². The summed E-state index contributed by atoms with van der Waals surface area (Å²) in [6.07, 6.45) is 11.9. The monoisotopic (exact) mass is 720 g/mol. The van der Waals surface area contributed by atoms with E-state index in [1.165, 1.54) is 49.7 Å². The van der Waals surface area contributed by atoms with Gasteiger partial charge in [-0.25, -0.2) is 16.8 Å². The molecular weight excluding hydrogens is 687 g/mol. The van der Waals surface area contributed by atoms with Crippen molar-refractivity contribution in [2.45, 2.75) is 42.1 Å². The Hall–Kier alpha value is -3.56. The average molecular weight is 722 g/mol. The standard InChI is InChI=1S/C35H28O2.C3H6Cl2O4S2/c1-36-28-17-11-23(12-18-28)32(24-13-19-29(37-2)20-14-24)35-27-15-9-25-7-5-21-3-4-22-6-8-26(10-16-27)34(35)31(22)30(21)33(25)35;1-3(2,10(4,6)7)11(5,8)9/h3-5,7,9-20,27,32H,6,8H2,1-2H3;1-2H3. The molecule has 0 N–H and O–H groups in total. The number of benzene rings is 4. The molecule has 0 saturated carbocycles. The molecule has 2 unspecified atom stereocenters. The normalized spacial score (nSPS) is 20.3. The molecule has 0 bridgehead atoms. The summed E-state index contributed by atoms with van der Waals surface area (Å²) in [6.45, 7) is 1.83. The Morgan fingerprint density at radius 2 is 1.29 bits per heavy atom. The fourth-order valence-electron chi connectivity index (χ4n) is 7.91. The predicted octanol–water partition coefficient (Wildman–Crippen LogP) is 8.71. The van der Waals surface area contributed by atoms with Gasteiger partial charge in [-0.15, -0.1) is 0 Å². The van der Waals surface area contributed by atoms with Gasteiger partial charge in [-0.3, -0.25) is 0 Å². The first kappa shape index (κ1) is 33.0. The van der Waals surface area contributed by atoms with Crippen LogP contribution in [0.5, 0.6) is 11.5 Å². The van der Waals surface area contributed by atoms with Crippen molar-refractivity contribution in [2.24, 2.45) is 5.92 Å². The first-order valence-corrected chi connectivity index (χ1v) is 20.2. The van der Waals surface area contributed by atoms with E-state index in [1.54, 1.807) is 19.8 Å². The zero-order valence-corrected chi connectivity index (χ0v) is 30.0. The second-order valence-electron chi connectivity index (χ2n) is 13.0. The van der Waals surface area contributed by atoms with Crippen molar-refractivity contribution in [3.05, 3.63) is 130 Å². The summed E-state index contributed by atoms with van der Waals surface area (Å²) >= 11 is 0. The molecule has 10 heteroatoms. The van der Waals surface area contributed by atoms with Crippen molar-refractivity contribution < 1.29 is 26.3 Å². The third kappa shape index (κ3) is 4.78. The van der Waals surface area contributed by atoms with E-state index in [0.29, 0.717) is 0 Å². The van der Waals surface area contributed by atoms with Gasteiger partial charge < -0.3 is 9.47 Å². The summed E-state index contributed by atoms with van der Waals surface area (Å²) in [5, 5.41) is 2.84.